The van der Waals surface area contributed by atoms with Crippen molar-refractivity contribution in [1.29, 1.82) is 0 Å². The first kappa shape index (κ1) is 11.5. The van der Waals surface area contributed by atoms with Crippen LogP contribution in [0.1, 0.15) is 25.6 Å². The highest BCUT2D eigenvalue weighted by Gasteiger charge is 2.14. The minimum Gasteiger partial charge on any atom is -0.196 e. The fraction of sp³-hybridized carbons (Fsp3) is 0.300. The second-order valence-electron chi connectivity index (χ2n) is 3.70. The molecule has 0 unspecified atom stereocenters. The number of hydrogen-bond donors (Lipinski definition) is 0. The van der Waals surface area contributed by atoms with Crippen LogP contribution in [0.25, 0.3) is 5.69 Å². The Balaban J connectivity index is 2.58. The number of rotatable bonds is 2. The van der Waals surface area contributed by atoms with Crippen molar-refractivity contribution >= 4 is 27.5 Å². The molecule has 1 aromatic heterocycles. The van der Waals surface area contributed by atoms with Crippen molar-refractivity contribution in [3.63, 3.8) is 0 Å². The molecule has 0 amide bonds. The van der Waals surface area contributed by atoms with Gasteiger partial charge in [0, 0.05) is 10.4 Å². The molecule has 0 aliphatic heterocycles. The molecule has 0 aliphatic rings. The van der Waals surface area contributed by atoms with Gasteiger partial charge in [0.1, 0.15) is 0 Å². The van der Waals surface area contributed by atoms with Gasteiger partial charge in [0.25, 0.3) is 0 Å². The molecular formula is C10H10BrClN4. The topological polar surface area (TPSA) is 43.6 Å². The maximum atomic E-state index is 6.13. The second kappa shape index (κ2) is 4.51. The average molecular weight is 302 g/mol. The molecule has 0 atom stereocenters. The molecule has 0 spiro atoms. The van der Waals surface area contributed by atoms with Crippen molar-refractivity contribution in [3.05, 3.63) is 33.5 Å². The SMILES string of the molecule is CC(C)c1nnnn1-c1cc(Br)ccc1Cl. The largest absolute Gasteiger partial charge is 0.196 e. The summed E-state index contributed by atoms with van der Waals surface area (Å²) in [5, 5.41) is 12.3. The minimum absolute atomic E-state index is 0.241. The van der Waals surface area contributed by atoms with Gasteiger partial charge in [-0.15, -0.1) is 5.10 Å². The van der Waals surface area contributed by atoms with E-state index in [4.69, 9.17) is 11.6 Å². The van der Waals surface area contributed by atoms with Crippen molar-refractivity contribution in [2.45, 2.75) is 19.8 Å². The molecular weight excluding hydrogens is 291 g/mol. The van der Waals surface area contributed by atoms with Crippen molar-refractivity contribution in [2.75, 3.05) is 0 Å². The molecule has 84 valence electrons. The molecule has 16 heavy (non-hydrogen) atoms. The zero-order valence-electron chi connectivity index (χ0n) is 8.85. The Morgan fingerprint density at radius 1 is 1.38 bits per heavy atom. The lowest BCUT2D eigenvalue weighted by atomic mass is 10.2. The van der Waals surface area contributed by atoms with Gasteiger partial charge < -0.3 is 0 Å². The summed E-state index contributed by atoms with van der Waals surface area (Å²) < 4.78 is 2.61. The summed E-state index contributed by atoms with van der Waals surface area (Å²) in [4.78, 5) is 0. The van der Waals surface area contributed by atoms with Crippen molar-refractivity contribution in [2.24, 2.45) is 0 Å². The third kappa shape index (κ3) is 2.10. The van der Waals surface area contributed by atoms with Gasteiger partial charge in [0.2, 0.25) is 0 Å². The van der Waals surface area contributed by atoms with Crippen LogP contribution < -0.4 is 0 Å². The van der Waals surface area contributed by atoms with E-state index < -0.39 is 0 Å². The molecule has 0 saturated heterocycles. The highest BCUT2D eigenvalue weighted by molar-refractivity contribution is 9.10. The predicted molar refractivity (Wildman–Crippen MR) is 66.0 cm³/mol. The van der Waals surface area contributed by atoms with E-state index in [9.17, 15) is 0 Å². The monoisotopic (exact) mass is 300 g/mol. The van der Waals surface area contributed by atoms with E-state index >= 15 is 0 Å². The van der Waals surface area contributed by atoms with Gasteiger partial charge in [-0.05, 0) is 28.6 Å². The smallest absolute Gasteiger partial charge is 0.159 e. The van der Waals surface area contributed by atoms with Gasteiger partial charge in [-0.25, -0.2) is 0 Å². The Bertz CT molecular complexity index is 509. The molecule has 6 heteroatoms. The highest BCUT2D eigenvalue weighted by atomic mass is 79.9. The molecule has 0 fully saturated rings. The van der Waals surface area contributed by atoms with Gasteiger partial charge in [-0.3, -0.25) is 0 Å². The van der Waals surface area contributed by atoms with Gasteiger partial charge in [-0.2, -0.15) is 4.68 Å². The summed E-state index contributed by atoms with van der Waals surface area (Å²) in [5.74, 6) is 1.03. The summed E-state index contributed by atoms with van der Waals surface area (Å²) in [5.41, 5.74) is 0.782. The van der Waals surface area contributed by atoms with Crippen LogP contribution in [0.3, 0.4) is 0 Å². The first-order valence-corrected chi connectivity index (χ1v) is 6.00. The van der Waals surface area contributed by atoms with Crippen LogP contribution >= 0.6 is 27.5 Å². The molecule has 0 bridgehead atoms. The molecule has 0 radical (unpaired) electrons. The number of nitrogens with zero attached hydrogens (tertiary/aromatic N) is 4. The van der Waals surface area contributed by atoms with Crippen LogP contribution in [-0.4, -0.2) is 20.2 Å². The molecule has 2 aromatic rings. The van der Waals surface area contributed by atoms with E-state index in [0.717, 1.165) is 16.0 Å². The molecule has 0 N–H and O–H groups in total. The number of tetrazole rings is 1. The maximum absolute atomic E-state index is 6.13. The van der Waals surface area contributed by atoms with Gasteiger partial charge >= 0.3 is 0 Å². The highest BCUT2D eigenvalue weighted by Crippen LogP contribution is 2.25. The average Bonchev–Trinajstić information content (AvgIpc) is 2.70. The summed E-state index contributed by atoms with van der Waals surface area (Å²) in [6.07, 6.45) is 0. The molecule has 1 aromatic carbocycles. The van der Waals surface area contributed by atoms with Crippen LogP contribution in [0.15, 0.2) is 22.7 Å². The maximum Gasteiger partial charge on any atom is 0.159 e. The normalized spacial score (nSPS) is 11.1. The minimum atomic E-state index is 0.241. The Morgan fingerprint density at radius 2 is 2.12 bits per heavy atom. The van der Waals surface area contributed by atoms with Crippen LogP contribution in [0, 0.1) is 0 Å². The first-order chi connectivity index (χ1) is 7.59. The van der Waals surface area contributed by atoms with Gasteiger partial charge in [-0.1, -0.05) is 41.4 Å². The van der Waals surface area contributed by atoms with Crippen LogP contribution in [0.2, 0.25) is 5.02 Å². The lowest BCUT2D eigenvalue weighted by Gasteiger charge is -2.08. The fourth-order valence-electron chi connectivity index (χ4n) is 1.37. The van der Waals surface area contributed by atoms with Crippen LogP contribution in [-0.2, 0) is 0 Å². The first-order valence-electron chi connectivity index (χ1n) is 4.83. The number of aromatic nitrogens is 4. The van der Waals surface area contributed by atoms with E-state index in [0.29, 0.717) is 5.02 Å². The van der Waals surface area contributed by atoms with E-state index in [2.05, 4.69) is 31.5 Å². The Labute approximate surface area is 107 Å². The fourth-order valence-corrected chi connectivity index (χ4v) is 1.92. The molecule has 0 aliphatic carbocycles. The van der Waals surface area contributed by atoms with E-state index in [1.807, 2.05) is 32.0 Å². The molecule has 0 saturated carbocycles. The van der Waals surface area contributed by atoms with Crippen molar-refractivity contribution < 1.29 is 0 Å². The number of halogens is 2. The second-order valence-corrected chi connectivity index (χ2v) is 5.02. The summed E-state index contributed by atoms with van der Waals surface area (Å²) >= 11 is 9.53. The quantitative estimate of drug-likeness (QED) is 0.855. The lowest BCUT2D eigenvalue weighted by Crippen LogP contribution is -2.05. The molecule has 2 rings (SSSR count). The standard InChI is InChI=1S/C10H10BrClN4/c1-6(2)10-13-14-15-16(10)9-5-7(11)3-4-8(9)12/h3-6H,1-2H3. The van der Waals surface area contributed by atoms with E-state index in [1.54, 1.807) is 4.68 Å². The predicted octanol–water partition coefficient (Wildman–Crippen LogP) is 3.20. The third-order valence-electron chi connectivity index (χ3n) is 2.15. The summed E-state index contributed by atoms with van der Waals surface area (Å²) in [7, 11) is 0. The van der Waals surface area contributed by atoms with Crippen molar-refractivity contribution in [3.8, 4) is 5.69 Å². The zero-order valence-corrected chi connectivity index (χ0v) is 11.2. The zero-order chi connectivity index (χ0) is 11.7. The molecule has 1 heterocycles. The Kier molecular flexibility index (Phi) is 3.25. The van der Waals surface area contributed by atoms with Gasteiger partial charge in [0.05, 0.1) is 10.7 Å². The molecule has 4 nitrogen and oxygen atoms in total. The van der Waals surface area contributed by atoms with Gasteiger partial charge in [0.15, 0.2) is 5.82 Å². The number of benzene rings is 1. The lowest BCUT2D eigenvalue weighted by molar-refractivity contribution is 0.710. The number of hydrogen-bond acceptors (Lipinski definition) is 3. The van der Waals surface area contributed by atoms with Crippen molar-refractivity contribution in [1.82, 2.24) is 20.2 Å². The Hall–Kier alpha value is -0.940. The Morgan fingerprint density at radius 3 is 2.81 bits per heavy atom. The van der Waals surface area contributed by atoms with Crippen LogP contribution in [0.5, 0.6) is 0 Å². The summed E-state index contributed by atoms with van der Waals surface area (Å²) in [6.45, 7) is 4.07. The van der Waals surface area contributed by atoms with Crippen LogP contribution in [0.4, 0.5) is 0 Å². The van der Waals surface area contributed by atoms with E-state index in [1.165, 1.54) is 0 Å². The third-order valence-corrected chi connectivity index (χ3v) is 2.96. The summed E-state index contributed by atoms with van der Waals surface area (Å²) in [6, 6.07) is 5.59. The van der Waals surface area contributed by atoms with E-state index in [-0.39, 0.29) is 5.92 Å².